The van der Waals surface area contributed by atoms with E-state index in [1.54, 1.807) is 21.3 Å². The van der Waals surface area contributed by atoms with E-state index in [1.807, 2.05) is 24.3 Å². The number of guanidine groups is 1. The van der Waals surface area contributed by atoms with Crippen molar-refractivity contribution in [2.45, 2.75) is 45.7 Å². The third-order valence-corrected chi connectivity index (χ3v) is 4.58. The molecule has 0 bridgehead atoms. The molecule has 0 amide bonds. The first-order chi connectivity index (χ1) is 13.1. The fourth-order valence-corrected chi connectivity index (χ4v) is 2.88. The highest BCUT2D eigenvalue weighted by atomic mass is 16.5. The quantitative estimate of drug-likeness (QED) is 0.517. The van der Waals surface area contributed by atoms with Crippen molar-refractivity contribution in [3.63, 3.8) is 0 Å². The van der Waals surface area contributed by atoms with Crippen LogP contribution in [-0.4, -0.2) is 32.4 Å². The number of rotatable bonds is 9. The molecule has 7 nitrogen and oxygen atoms in total. The van der Waals surface area contributed by atoms with Crippen molar-refractivity contribution < 1.29 is 14.0 Å². The van der Waals surface area contributed by atoms with Crippen molar-refractivity contribution in [3.8, 4) is 11.5 Å². The summed E-state index contributed by atoms with van der Waals surface area (Å²) in [6.45, 7) is 5.43. The number of nitrogens with zero attached hydrogens (tertiary/aromatic N) is 2. The number of nitrogens with one attached hydrogen (secondary N) is 2. The molecule has 0 saturated carbocycles. The molecule has 27 heavy (non-hydrogen) atoms. The Hall–Kier alpha value is -2.70. The summed E-state index contributed by atoms with van der Waals surface area (Å²) in [6.07, 6.45) is 2.12. The van der Waals surface area contributed by atoms with Gasteiger partial charge in [-0.15, -0.1) is 0 Å². The molecule has 0 aliphatic carbocycles. The molecule has 148 valence electrons. The van der Waals surface area contributed by atoms with Crippen LogP contribution in [0.3, 0.4) is 0 Å². The van der Waals surface area contributed by atoms with Gasteiger partial charge in [-0.3, -0.25) is 4.99 Å². The maximum absolute atomic E-state index is 5.44. The zero-order valence-electron chi connectivity index (χ0n) is 16.8. The summed E-state index contributed by atoms with van der Waals surface area (Å²) in [4.78, 5) is 4.25. The average molecular weight is 374 g/mol. The maximum Gasteiger partial charge on any atom is 0.191 e. The molecule has 2 rings (SSSR count). The minimum atomic E-state index is 0.447. The Balaban J connectivity index is 1.91. The Morgan fingerprint density at radius 2 is 1.85 bits per heavy atom. The van der Waals surface area contributed by atoms with Crippen molar-refractivity contribution in [1.82, 2.24) is 15.8 Å². The van der Waals surface area contributed by atoms with Crippen LogP contribution < -0.4 is 20.1 Å². The Morgan fingerprint density at radius 3 is 2.48 bits per heavy atom. The summed E-state index contributed by atoms with van der Waals surface area (Å²) >= 11 is 0. The van der Waals surface area contributed by atoms with E-state index in [1.165, 1.54) is 0 Å². The Kier molecular flexibility index (Phi) is 7.98. The van der Waals surface area contributed by atoms with Crippen LogP contribution in [0.4, 0.5) is 0 Å². The lowest BCUT2D eigenvalue weighted by atomic mass is 9.99. The molecule has 0 atom stereocenters. The highest BCUT2D eigenvalue weighted by Crippen LogP contribution is 2.24. The predicted molar refractivity (Wildman–Crippen MR) is 106 cm³/mol. The van der Waals surface area contributed by atoms with Crippen LogP contribution in [0, 0.1) is 0 Å². The summed E-state index contributed by atoms with van der Waals surface area (Å²) in [5, 5.41) is 10.7. The topological polar surface area (TPSA) is 80.9 Å². The normalized spacial score (nSPS) is 11.6. The zero-order valence-corrected chi connectivity index (χ0v) is 16.8. The number of aliphatic imine (C=N–C) groups is 1. The molecule has 0 aliphatic heterocycles. The molecule has 0 radical (unpaired) electrons. The van der Waals surface area contributed by atoms with Gasteiger partial charge in [0.15, 0.2) is 11.7 Å². The van der Waals surface area contributed by atoms with Crippen LogP contribution in [0.2, 0.25) is 0 Å². The van der Waals surface area contributed by atoms with Crippen LogP contribution in [0.1, 0.15) is 49.6 Å². The van der Waals surface area contributed by atoms with E-state index < -0.39 is 0 Å². The first-order valence-electron chi connectivity index (χ1n) is 9.25. The van der Waals surface area contributed by atoms with Gasteiger partial charge in [-0.05, 0) is 25.0 Å². The summed E-state index contributed by atoms with van der Waals surface area (Å²) in [6, 6.07) is 7.76. The van der Waals surface area contributed by atoms with Gasteiger partial charge in [-0.1, -0.05) is 19.0 Å². The summed E-state index contributed by atoms with van der Waals surface area (Å²) < 4.78 is 16.1. The first-order valence-corrected chi connectivity index (χ1v) is 9.25. The molecule has 1 heterocycles. The van der Waals surface area contributed by atoms with Gasteiger partial charge in [0.25, 0.3) is 0 Å². The second-order valence-corrected chi connectivity index (χ2v) is 6.19. The van der Waals surface area contributed by atoms with Gasteiger partial charge in [0, 0.05) is 37.2 Å². The zero-order chi connectivity index (χ0) is 19.6. The van der Waals surface area contributed by atoms with Crippen molar-refractivity contribution in [3.05, 3.63) is 41.3 Å². The van der Waals surface area contributed by atoms with Crippen LogP contribution in [0.15, 0.2) is 33.8 Å². The number of hydrogen-bond donors (Lipinski definition) is 2. The Bertz CT molecular complexity index is 739. The first kappa shape index (κ1) is 20.6. The number of benzene rings is 1. The Morgan fingerprint density at radius 1 is 1.11 bits per heavy atom. The summed E-state index contributed by atoms with van der Waals surface area (Å²) in [5.74, 6) is 3.44. The van der Waals surface area contributed by atoms with E-state index in [-0.39, 0.29) is 0 Å². The van der Waals surface area contributed by atoms with Crippen LogP contribution in [-0.2, 0) is 13.1 Å². The summed E-state index contributed by atoms with van der Waals surface area (Å²) in [7, 11) is 5.01. The standard InChI is InChI=1S/C20H30N4O3/c1-6-14(7-2)18-10-17(27-24-18)13-23-20(21-3)22-12-15-8-9-16(25-4)11-19(15)26-5/h8-11,14H,6-7,12-13H2,1-5H3,(H2,21,22,23). The SMILES string of the molecule is CCC(CC)c1cc(CNC(=NC)NCc2ccc(OC)cc2OC)on1. The fraction of sp³-hybridized carbons (Fsp3) is 0.500. The molecule has 2 N–H and O–H groups in total. The molecule has 2 aromatic rings. The highest BCUT2D eigenvalue weighted by Gasteiger charge is 2.13. The maximum atomic E-state index is 5.44. The van der Waals surface area contributed by atoms with Gasteiger partial charge < -0.3 is 24.6 Å². The number of hydrogen-bond acceptors (Lipinski definition) is 5. The smallest absolute Gasteiger partial charge is 0.191 e. The van der Waals surface area contributed by atoms with Gasteiger partial charge in [-0.2, -0.15) is 0 Å². The number of aromatic nitrogens is 1. The molecule has 1 aromatic heterocycles. The van der Waals surface area contributed by atoms with Gasteiger partial charge in [0.05, 0.1) is 26.5 Å². The lowest BCUT2D eigenvalue weighted by molar-refractivity contribution is 0.368. The molecule has 0 unspecified atom stereocenters. The molecule has 0 aliphatic rings. The van der Waals surface area contributed by atoms with Crippen molar-refractivity contribution in [2.75, 3.05) is 21.3 Å². The fourth-order valence-electron chi connectivity index (χ4n) is 2.88. The molecule has 0 spiro atoms. The van der Waals surface area contributed by atoms with E-state index in [4.69, 9.17) is 14.0 Å². The minimum Gasteiger partial charge on any atom is -0.497 e. The van der Waals surface area contributed by atoms with Crippen LogP contribution >= 0.6 is 0 Å². The molecular formula is C20H30N4O3. The van der Waals surface area contributed by atoms with Gasteiger partial charge in [0.2, 0.25) is 0 Å². The lowest BCUT2D eigenvalue weighted by Crippen LogP contribution is -2.36. The minimum absolute atomic E-state index is 0.447. The lowest BCUT2D eigenvalue weighted by Gasteiger charge is -2.14. The van der Waals surface area contributed by atoms with Gasteiger partial charge in [0.1, 0.15) is 11.5 Å². The second-order valence-electron chi connectivity index (χ2n) is 6.19. The monoisotopic (exact) mass is 374 g/mol. The van der Waals surface area contributed by atoms with E-state index in [0.29, 0.717) is 25.0 Å². The highest BCUT2D eigenvalue weighted by molar-refractivity contribution is 5.79. The predicted octanol–water partition coefficient (Wildman–Crippen LogP) is 3.46. The van der Waals surface area contributed by atoms with E-state index in [0.717, 1.165) is 41.4 Å². The average Bonchev–Trinajstić information content (AvgIpc) is 3.17. The molecule has 0 saturated heterocycles. The van der Waals surface area contributed by atoms with Crippen molar-refractivity contribution in [1.29, 1.82) is 0 Å². The number of ether oxygens (including phenoxy) is 2. The van der Waals surface area contributed by atoms with E-state index in [2.05, 4.69) is 34.6 Å². The van der Waals surface area contributed by atoms with E-state index >= 15 is 0 Å². The molecule has 7 heteroatoms. The van der Waals surface area contributed by atoms with Crippen LogP contribution in [0.25, 0.3) is 0 Å². The molecule has 1 aromatic carbocycles. The second kappa shape index (κ2) is 10.4. The third kappa shape index (κ3) is 5.64. The van der Waals surface area contributed by atoms with Crippen molar-refractivity contribution >= 4 is 5.96 Å². The molecular weight excluding hydrogens is 344 g/mol. The third-order valence-electron chi connectivity index (χ3n) is 4.58. The van der Waals surface area contributed by atoms with E-state index in [9.17, 15) is 0 Å². The van der Waals surface area contributed by atoms with Crippen molar-refractivity contribution in [2.24, 2.45) is 4.99 Å². The number of methoxy groups -OCH3 is 2. The van der Waals surface area contributed by atoms with Gasteiger partial charge >= 0.3 is 0 Å². The molecule has 0 fully saturated rings. The summed E-state index contributed by atoms with van der Waals surface area (Å²) in [5.41, 5.74) is 2.03. The Labute approximate surface area is 161 Å². The van der Waals surface area contributed by atoms with Crippen LogP contribution in [0.5, 0.6) is 11.5 Å². The van der Waals surface area contributed by atoms with Gasteiger partial charge in [-0.25, -0.2) is 0 Å². The largest absolute Gasteiger partial charge is 0.497 e.